The maximum Gasteiger partial charge on any atom is 0.409 e. The molecule has 0 bridgehead atoms. The second kappa shape index (κ2) is 5.55. The van der Waals surface area contributed by atoms with Crippen LogP contribution in [0.15, 0.2) is 29.3 Å². The van der Waals surface area contributed by atoms with E-state index in [2.05, 4.69) is 25.8 Å². The number of aromatic nitrogens is 2. The number of hydrogen-bond acceptors (Lipinski definition) is 4. The van der Waals surface area contributed by atoms with Gasteiger partial charge >= 0.3 is 6.09 Å². The van der Waals surface area contributed by atoms with Crippen molar-refractivity contribution in [3.05, 3.63) is 34.9 Å². The van der Waals surface area contributed by atoms with E-state index >= 15 is 0 Å². The van der Waals surface area contributed by atoms with Gasteiger partial charge < -0.3 is 10.5 Å². The molecule has 0 spiro atoms. The van der Waals surface area contributed by atoms with Crippen molar-refractivity contribution in [1.82, 2.24) is 9.55 Å². The molecule has 6 heteroatoms. The quantitative estimate of drug-likeness (QED) is 0.939. The zero-order valence-electron chi connectivity index (χ0n) is 12.4. The molecule has 0 aliphatic carbocycles. The SMILES string of the molecule is CC(C)(C)CCn1cnc2cccc(OC(N)=O)c2c1=O. The Kier molecular flexibility index (Phi) is 3.97. The number of ether oxygens (including phenoxy) is 1. The Morgan fingerprint density at radius 3 is 2.71 bits per heavy atom. The lowest BCUT2D eigenvalue weighted by molar-refractivity contribution is 0.211. The van der Waals surface area contributed by atoms with Crippen LogP contribution in [-0.4, -0.2) is 15.6 Å². The summed E-state index contributed by atoms with van der Waals surface area (Å²) in [7, 11) is 0. The molecule has 0 unspecified atom stereocenters. The van der Waals surface area contributed by atoms with Crippen LogP contribution >= 0.6 is 0 Å². The monoisotopic (exact) mass is 289 g/mol. The Morgan fingerprint density at radius 2 is 2.10 bits per heavy atom. The van der Waals surface area contributed by atoms with Crippen LogP contribution in [0.2, 0.25) is 0 Å². The van der Waals surface area contributed by atoms with Gasteiger partial charge in [0.15, 0.2) is 0 Å². The number of amides is 1. The number of benzene rings is 1. The minimum atomic E-state index is -0.952. The van der Waals surface area contributed by atoms with E-state index in [-0.39, 0.29) is 22.1 Å². The number of nitrogens with zero attached hydrogens (tertiary/aromatic N) is 2. The van der Waals surface area contributed by atoms with Crippen LogP contribution in [0, 0.1) is 5.41 Å². The van der Waals surface area contributed by atoms with Crippen molar-refractivity contribution in [1.29, 1.82) is 0 Å². The average molecular weight is 289 g/mol. The first kappa shape index (κ1) is 15.0. The number of aryl methyl sites for hydroxylation is 1. The molecule has 0 aliphatic rings. The van der Waals surface area contributed by atoms with Gasteiger partial charge in [-0.3, -0.25) is 9.36 Å². The third kappa shape index (κ3) is 3.59. The molecule has 0 fully saturated rings. The van der Waals surface area contributed by atoms with Gasteiger partial charge in [-0.25, -0.2) is 9.78 Å². The van der Waals surface area contributed by atoms with E-state index in [1.807, 2.05) is 0 Å². The summed E-state index contributed by atoms with van der Waals surface area (Å²) in [5.41, 5.74) is 5.38. The molecule has 2 N–H and O–H groups in total. The Labute approximate surface area is 122 Å². The molecule has 0 radical (unpaired) electrons. The number of rotatable bonds is 3. The van der Waals surface area contributed by atoms with Crippen molar-refractivity contribution in [2.45, 2.75) is 33.7 Å². The highest BCUT2D eigenvalue weighted by atomic mass is 16.5. The van der Waals surface area contributed by atoms with Gasteiger partial charge in [0.1, 0.15) is 11.1 Å². The molecule has 0 saturated carbocycles. The van der Waals surface area contributed by atoms with Crippen molar-refractivity contribution in [3.8, 4) is 5.75 Å². The van der Waals surface area contributed by atoms with Crippen molar-refractivity contribution < 1.29 is 9.53 Å². The van der Waals surface area contributed by atoms with Crippen LogP contribution in [0.5, 0.6) is 5.75 Å². The van der Waals surface area contributed by atoms with Crippen LogP contribution in [0.25, 0.3) is 10.9 Å². The molecule has 6 nitrogen and oxygen atoms in total. The third-order valence-electron chi connectivity index (χ3n) is 3.13. The highest BCUT2D eigenvalue weighted by molar-refractivity contribution is 5.86. The summed E-state index contributed by atoms with van der Waals surface area (Å²) in [6.45, 7) is 6.87. The minimum absolute atomic E-state index is 0.109. The lowest BCUT2D eigenvalue weighted by Gasteiger charge is -2.18. The van der Waals surface area contributed by atoms with Crippen molar-refractivity contribution in [2.75, 3.05) is 0 Å². The summed E-state index contributed by atoms with van der Waals surface area (Å²) in [4.78, 5) is 27.7. The molecule has 1 aromatic carbocycles. The van der Waals surface area contributed by atoms with E-state index in [1.54, 1.807) is 12.1 Å². The van der Waals surface area contributed by atoms with Crippen LogP contribution in [0.1, 0.15) is 27.2 Å². The van der Waals surface area contributed by atoms with Crippen molar-refractivity contribution in [2.24, 2.45) is 11.1 Å². The summed E-state index contributed by atoms with van der Waals surface area (Å²) in [5, 5.41) is 0.271. The molecule has 112 valence electrons. The second-order valence-corrected chi connectivity index (χ2v) is 6.13. The van der Waals surface area contributed by atoms with E-state index in [4.69, 9.17) is 10.5 Å². The summed E-state index contributed by atoms with van der Waals surface area (Å²) in [6.07, 6.45) is 1.40. The summed E-state index contributed by atoms with van der Waals surface area (Å²) in [6, 6.07) is 4.88. The first-order valence-corrected chi connectivity index (χ1v) is 6.73. The molecule has 0 atom stereocenters. The first-order valence-electron chi connectivity index (χ1n) is 6.73. The van der Waals surface area contributed by atoms with Crippen LogP contribution in [0.3, 0.4) is 0 Å². The number of hydrogen-bond donors (Lipinski definition) is 1. The number of carbonyl (C=O) groups is 1. The third-order valence-corrected chi connectivity index (χ3v) is 3.13. The Bertz CT molecular complexity index is 729. The fourth-order valence-corrected chi connectivity index (χ4v) is 1.98. The van der Waals surface area contributed by atoms with Crippen LogP contribution in [0.4, 0.5) is 4.79 Å². The zero-order valence-corrected chi connectivity index (χ0v) is 12.4. The standard InChI is InChI=1S/C15H19N3O3/c1-15(2,3)7-8-18-9-17-10-5-4-6-11(21-14(16)20)12(10)13(18)19/h4-6,9H,7-8H2,1-3H3,(H2,16,20). The number of fused-ring (bicyclic) bond motifs is 1. The van der Waals surface area contributed by atoms with Gasteiger partial charge in [-0.15, -0.1) is 0 Å². The molecule has 0 aliphatic heterocycles. The fraction of sp³-hybridized carbons (Fsp3) is 0.400. The van der Waals surface area contributed by atoms with Gasteiger partial charge in [-0.05, 0) is 24.0 Å². The molecule has 2 rings (SSSR count). The van der Waals surface area contributed by atoms with Gasteiger partial charge in [-0.2, -0.15) is 0 Å². The van der Waals surface area contributed by atoms with Crippen LogP contribution in [-0.2, 0) is 6.54 Å². The number of nitrogens with two attached hydrogens (primary N) is 1. The van der Waals surface area contributed by atoms with Gasteiger partial charge in [-0.1, -0.05) is 26.8 Å². The smallest absolute Gasteiger partial charge is 0.409 e. The zero-order chi connectivity index (χ0) is 15.6. The lowest BCUT2D eigenvalue weighted by atomic mass is 9.92. The fourth-order valence-electron chi connectivity index (χ4n) is 1.98. The average Bonchev–Trinajstić information content (AvgIpc) is 2.36. The van der Waals surface area contributed by atoms with E-state index in [0.29, 0.717) is 12.1 Å². The highest BCUT2D eigenvalue weighted by Gasteiger charge is 2.14. The topological polar surface area (TPSA) is 87.2 Å². The Hall–Kier alpha value is -2.37. The van der Waals surface area contributed by atoms with E-state index in [0.717, 1.165) is 6.42 Å². The Morgan fingerprint density at radius 1 is 1.38 bits per heavy atom. The summed E-state index contributed by atoms with van der Waals surface area (Å²) >= 11 is 0. The van der Waals surface area contributed by atoms with Gasteiger partial charge in [0, 0.05) is 6.54 Å². The van der Waals surface area contributed by atoms with Crippen molar-refractivity contribution in [3.63, 3.8) is 0 Å². The maximum atomic E-state index is 12.5. The Balaban J connectivity index is 2.49. The first-order chi connectivity index (χ1) is 9.78. The molecule has 1 heterocycles. The largest absolute Gasteiger partial charge is 0.410 e. The molecule has 1 aromatic heterocycles. The summed E-state index contributed by atoms with van der Waals surface area (Å²) in [5.74, 6) is 0.141. The number of primary amides is 1. The highest BCUT2D eigenvalue weighted by Crippen LogP contribution is 2.22. The van der Waals surface area contributed by atoms with Gasteiger partial charge in [0.2, 0.25) is 0 Å². The van der Waals surface area contributed by atoms with E-state index in [9.17, 15) is 9.59 Å². The minimum Gasteiger partial charge on any atom is -0.410 e. The predicted octanol–water partition coefficient (Wildman–Crippen LogP) is 2.29. The van der Waals surface area contributed by atoms with Gasteiger partial charge in [0.25, 0.3) is 5.56 Å². The molecule has 0 saturated heterocycles. The van der Waals surface area contributed by atoms with Crippen LogP contribution < -0.4 is 16.0 Å². The maximum absolute atomic E-state index is 12.5. The lowest BCUT2D eigenvalue weighted by Crippen LogP contribution is -2.24. The van der Waals surface area contributed by atoms with Crippen molar-refractivity contribution >= 4 is 17.0 Å². The number of carbonyl (C=O) groups excluding carboxylic acids is 1. The normalized spacial score (nSPS) is 11.6. The predicted molar refractivity (Wildman–Crippen MR) is 80.3 cm³/mol. The van der Waals surface area contributed by atoms with E-state index in [1.165, 1.54) is 17.0 Å². The van der Waals surface area contributed by atoms with E-state index < -0.39 is 6.09 Å². The second-order valence-electron chi connectivity index (χ2n) is 6.13. The summed E-state index contributed by atoms with van der Waals surface area (Å²) < 4.78 is 6.42. The molecule has 21 heavy (non-hydrogen) atoms. The van der Waals surface area contributed by atoms with Gasteiger partial charge in [0.05, 0.1) is 11.8 Å². The molecular weight excluding hydrogens is 270 g/mol. The molecular formula is C15H19N3O3. The molecule has 1 amide bonds. The molecule has 2 aromatic rings.